The molecule has 1 aromatic heterocycles. The van der Waals surface area contributed by atoms with Crippen LogP contribution in [0.3, 0.4) is 0 Å². The third kappa shape index (κ3) is 4.84. The summed E-state index contributed by atoms with van der Waals surface area (Å²) in [6.07, 6.45) is 4.89. The lowest BCUT2D eigenvalue weighted by Crippen LogP contribution is -2.30. The summed E-state index contributed by atoms with van der Waals surface area (Å²) in [5.74, 6) is 0.847. The van der Waals surface area contributed by atoms with Gasteiger partial charge in [-0.05, 0) is 30.5 Å². The third-order valence-electron chi connectivity index (χ3n) is 3.04. The Labute approximate surface area is 109 Å². The van der Waals surface area contributed by atoms with Crippen molar-refractivity contribution >= 4 is 5.91 Å². The molecular weight excluding hydrogens is 226 g/mol. The van der Waals surface area contributed by atoms with Crippen molar-refractivity contribution in [3.63, 3.8) is 0 Å². The number of hydrogen-bond donors (Lipinski definition) is 2. The van der Waals surface area contributed by atoms with Gasteiger partial charge in [0.25, 0.3) is 0 Å². The van der Waals surface area contributed by atoms with E-state index >= 15 is 0 Å². The number of nitrogens with two attached hydrogens (primary N) is 1. The number of carbonyl (C=O) groups is 1. The van der Waals surface area contributed by atoms with E-state index in [9.17, 15) is 4.79 Å². The van der Waals surface area contributed by atoms with Crippen molar-refractivity contribution < 1.29 is 4.79 Å². The van der Waals surface area contributed by atoms with Gasteiger partial charge in [0.15, 0.2) is 0 Å². The monoisotopic (exact) mass is 249 g/mol. The molecule has 3 N–H and O–H groups in total. The number of rotatable bonds is 7. The Hall–Kier alpha value is -1.42. The van der Waals surface area contributed by atoms with Gasteiger partial charge in [-0.2, -0.15) is 0 Å². The van der Waals surface area contributed by atoms with E-state index in [2.05, 4.69) is 30.2 Å². The highest BCUT2D eigenvalue weighted by molar-refractivity contribution is 5.75. The second-order valence-corrected chi connectivity index (χ2v) is 4.83. The fraction of sp³-hybridized carbons (Fsp3) is 0.571. The van der Waals surface area contributed by atoms with Crippen LogP contribution in [0, 0.1) is 5.92 Å². The molecule has 0 radical (unpaired) electrons. The van der Waals surface area contributed by atoms with Crippen LogP contribution >= 0.6 is 0 Å². The van der Waals surface area contributed by atoms with Crippen molar-refractivity contribution in [1.29, 1.82) is 0 Å². The lowest BCUT2D eigenvalue weighted by Gasteiger charge is -2.21. The van der Waals surface area contributed by atoms with Crippen molar-refractivity contribution in [3.8, 4) is 0 Å². The predicted octanol–water partition coefficient (Wildman–Crippen LogP) is 1.68. The second kappa shape index (κ2) is 7.82. The number of nitrogens with zero attached hydrogens (tertiary/aromatic N) is 1. The Morgan fingerprint density at radius 1 is 1.50 bits per heavy atom. The van der Waals surface area contributed by atoms with Crippen LogP contribution in [0.4, 0.5) is 0 Å². The minimum atomic E-state index is 0.0787. The average molecular weight is 249 g/mol. The Morgan fingerprint density at radius 2 is 2.28 bits per heavy atom. The van der Waals surface area contributed by atoms with Crippen LogP contribution in [0.2, 0.25) is 0 Å². The van der Waals surface area contributed by atoms with E-state index in [1.807, 2.05) is 12.3 Å². The molecule has 1 aromatic rings. The van der Waals surface area contributed by atoms with Crippen LogP contribution in [0.25, 0.3) is 0 Å². The SMILES string of the molecule is CC(C)C(CNC(=O)CCCN)c1cccnc1. The Balaban J connectivity index is 2.52. The van der Waals surface area contributed by atoms with E-state index in [4.69, 9.17) is 5.73 Å². The number of hydrogen-bond acceptors (Lipinski definition) is 3. The zero-order valence-corrected chi connectivity index (χ0v) is 11.2. The number of nitrogens with one attached hydrogen (secondary N) is 1. The fourth-order valence-corrected chi connectivity index (χ4v) is 1.91. The highest BCUT2D eigenvalue weighted by Crippen LogP contribution is 2.22. The van der Waals surface area contributed by atoms with E-state index in [0.29, 0.717) is 31.3 Å². The molecular formula is C14H23N3O. The van der Waals surface area contributed by atoms with Crippen LogP contribution in [-0.2, 0) is 4.79 Å². The molecule has 1 rings (SSSR count). The van der Waals surface area contributed by atoms with Crippen molar-refractivity contribution in [2.75, 3.05) is 13.1 Å². The summed E-state index contributed by atoms with van der Waals surface area (Å²) in [5, 5.41) is 2.98. The van der Waals surface area contributed by atoms with Crippen molar-refractivity contribution in [3.05, 3.63) is 30.1 Å². The molecule has 1 amide bonds. The van der Waals surface area contributed by atoms with Gasteiger partial charge >= 0.3 is 0 Å². The van der Waals surface area contributed by atoms with Gasteiger partial charge in [-0.1, -0.05) is 19.9 Å². The van der Waals surface area contributed by atoms with Crippen molar-refractivity contribution in [1.82, 2.24) is 10.3 Å². The first kappa shape index (κ1) is 14.6. The van der Waals surface area contributed by atoms with Gasteiger partial charge in [0.1, 0.15) is 0 Å². The molecule has 4 heteroatoms. The summed E-state index contributed by atoms with van der Waals surface area (Å²) < 4.78 is 0. The smallest absolute Gasteiger partial charge is 0.220 e. The van der Waals surface area contributed by atoms with Crippen LogP contribution in [0.15, 0.2) is 24.5 Å². The molecule has 0 aliphatic heterocycles. The first-order chi connectivity index (χ1) is 8.65. The minimum Gasteiger partial charge on any atom is -0.355 e. The van der Waals surface area contributed by atoms with Gasteiger partial charge in [-0.3, -0.25) is 9.78 Å². The van der Waals surface area contributed by atoms with Gasteiger partial charge in [0, 0.05) is 31.3 Å². The lowest BCUT2D eigenvalue weighted by molar-refractivity contribution is -0.121. The molecule has 100 valence electrons. The number of aromatic nitrogens is 1. The first-order valence-corrected chi connectivity index (χ1v) is 6.51. The molecule has 0 spiro atoms. The summed E-state index contributed by atoms with van der Waals surface area (Å²) in [6, 6.07) is 3.99. The number of amides is 1. The Bertz CT molecular complexity index is 351. The summed E-state index contributed by atoms with van der Waals surface area (Å²) in [4.78, 5) is 15.7. The molecule has 1 heterocycles. The van der Waals surface area contributed by atoms with Gasteiger partial charge in [0.05, 0.1) is 0 Å². The van der Waals surface area contributed by atoms with Gasteiger partial charge in [-0.15, -0.1) is 0 Å². The van der Waals surface area contributed by atoms with E-state index in [1.54, 1.807) is 6.20 Å². The topological polar surface area (TPSA) is 68.0 Å². The van der Waals surface area contributed by atoms with E-state index in [-0.39, 0.29) is 5.91 Å². The number of carbonyl (C=O) groups excluding carboxylic acids is 1. The van der Waals surface area contributed by atoms with Crippen LogP contribution in [-0.4, -0.2) is 24.0 Å². The number of pyridine rings is 1. The summed E-state index contributed by atoms with van der Waals surface area (Å²) >= 11 is 0. The molecule has 0 aromatic carbocycles. The molecule has 0 aliphatic carbocycles. The Kier molecular flexibility index (Phi) is 6.36. The molecule has 1 unspecified atom stereocenters. The zero-order chi connectivity index (χ0) is 13.4. The molecule has 0 fully saturated rings. The summed E-state index contributed by atoms with van der Waals surface area (Å²) in [5.41, 5.74) is 6.56. The summed E-state index contributed by atoms with van der Waals surface area (Å²) in [6.45, 7) is 5.53. The molecule has 4 nitrogen and oxygen atoms in total. The van der Waals surface area contributed by atoms with E-state index < -0.39 is 0 Å². The minimum absolute atomic E-state index is 0.0787. The molecule has 0 saturated carbocycles. The molecule has 0 bridgehead atoms. The maximum absolute atomic E-state index is 11.6. The van der Waals surface area contributed by atoms with Crippen molar-refractivity contribution in [2.24, 2.45) is 11.7 Å². The molecule has 18 heavy (non-hydrogen) atoms. The van der Waals surface area contributed by atoms with Gasteiger partial charge < -0.3 is 11.1 Å². The molecule has 0 saturated heterocycles. The predicted molar refractivity (Wildman–Crippen MR) is 73.1 cm³/mol. The standard InChI is InChI=1S/C14H23N3O/c1-11(2)13(12-5-4-8-16-9-12)10-17-14(18)6-3-7-15/h4-5,8-9,11,13H,3,6-7,10,15H2,1-2H3,(H,17,18). The van der Waals surface area contributed by atoms with Crippen LogP contribution in [0.1, 0.15) is 38.2 Å². The molecule has 1 atom stereocenters. The normalized spacial score (nSPS) is 12.4. The highest BCUT2D eigenvalue weighted by atomic mass is 16.1. The van der Waals surface area contributed by atoms with Crippen LogP contribution < -0.4 is 11.1 Å². The molecule has 0 aliphatic rings. The Morgan fingerprint density at radius 3 is 2.83 bits per heavy atom. The first-order valence-electron chi connectivity index (χ1n) is 6.51. The average Bonchev–Trinajstić information content (AvgIpc) is 2.37. The zero-order valence-electron chi connectivity index (χ0n) is 11.2. The largest absolute Gasteiger partial charge is 0.355 e. The summed E-state index contributed by atoms with van der Waals surface area (Å²) in [7, 11) is 0. The maximum atomic E-state index is 11.6. The fourth-order valence-electron chi connectivity index (χ4n) is 1.91. The van der Waals surface area contributed by atoms with E-state index in [1.165, 1.54) is 5.56 Å². The van der Waals surface area contributed by atoms with Crippen LogP contribution in [0.5, 0.6) is 0 Å². The second-order valence-electron chi connectivity index (χ2n) is 4.83. The van der Waals surface area contributed by atoms with Crippen molar-refractivity contribution in [2.45, 2.75) is 32.6 Å². The maximum Gasteiger partial charge on any atom is 0.220 e. The lowest BCUT2D eigenvalue weighted by atomic mass is 9.89. The quantitative estimate of drug-likeness (QED) is 0.772. The van der Waals surface area contributed by atoms with E-state index in [0.717, 1.165) is 6.42 Å². The van der Waals surface area contributed by atoms with Gasteiger partial charge in [0.2, 0.25) is 5.91 Å². The van der Waals surface area contributed by atoms with Gasteiger partial charge in [-0.25, -0.2) is 0 Å². The third-order valence-corrected chi connectivity index (χ3v) is 3.04. The highest BCUT2D eigenvalue weighted by Gasteiger charge is 2.16.